The van der Waals surface area contributed by atoms with Gasteiger partial charge >= 0.3 is 19.1 Å². The molecule has 3 nitrogen and oxygen atoms in total. The maximum atomic E-state index is 12.3. The van der Waals surface area contributed by atoms with Gasteiger partial charge in [0.15, 0.2) is 0 Å². The van der Waals surface area contributed by atoms with Crippen LogP contribution in [-0.4, -0.2) is 19.1 Å². The van der Waals surface area contributed by atoms with Crippen LogP contribution in [-0.2, 0) is 0 Å². The zero-order valence-electron chi connectivity index (χ0n) is 63.3. The van der Waals surface area contributed by atoms with E-state index < -0.39 is 19.1 Å². The Kier molecular flexibility index (Phi) is 34.7. The highest BCUT2D eigenvalue weighted by atomic mass is 19.4. The van der Waals surface area contributed by atoms with Crippen LogP contribution < -0.4 is 14.2 Å². The van der Waals surface area contributed by atoms with E-state index in [0.29, 0.717) is 17.8 Å². The monoisotopic (exact) mass is 1450 g/mol. The molecular formula is C91H135F9O3. The summed E-state index contributed by atoms with van der Waals surface area (Å²) in [5.74, 6) is 13.3. The van der Waals surface area contributed by atoms with E-state index in [1.165, 1.54) is 299 Å². The van der Waals surface area contributed by atoms with Gasteiger partial charge in [-0.25, -0.2) is 0 Å². The molecule has 0 heterocycles. The predicted molar refractivity (Wildman–Crippen MR) is 407 cm³/mol. The van der Waals surface area contributed by atoms with Gasteiger partial charge < -0.3 is 14.2 Å². The van der Waals surface area contributed by atoms with E-state index >= 15 is 0 Å². The largest absolute Gasteiger partial charge is 0.573 e. The van der Waals surface area contributed by atoms with Gasteiger partial charge in [0, 0.05) is 0 Å². The van der Waals surface area contributed by atoms with Gasteiger partial charge in [-0.1, -0.05) is 217 Å². The number of hydrogen-bond donors (Lipinski definition) is 0. The zero-order valence-corrected chi connectivity index (χ0v) is 63.3. The van der Waals surface area contributed by atoms with Crippen LogP contribution >= 0.6 is 0 Å². The summed E-state index contributed by atoms with van der Waals surface area (Å²) in [4.78, 5) is 0. The molecule has 4 aromatic carbocycles. The minimum Gasteiger partial charge on any atom is -0.406 e. The average molecular weight is 1450 g/mol. The van der Waals surface area contributed by atoms with Crippen molar-refractivity contribution in [2.75, 3.05) is 0 Å². The topological polar surface area (TPSA) is 27.7 Å². The van der Waals surface area contributed by atoms with Crippen molar-refractivity contribution in [1.82, 2.24) is 0 Å². The van der Waals surface area contributed by atoms with Crippen LogP contribution in [0, 0.1) is 77.9 Å². The summed E-state index contributed by atoms with van der Waals surface area (Å²) in [5.41, 5.74) is 6.46. The van der Waals surface area contributed by atoms with Gasteiger partial charge in [0.1, 0.15) is 17.2 Å². The number of ether oxygens (including phenoxy) is 3. The summed E-state index contributed by atoms with van der Waals surface area (Å²) in [7, 11) is 0. The van der Waals surface area contributed by atoms with Gasteiger partial charge in [-0.05, 0) is 314 Å². The van der Waals surface area contributed by atoms with Crippen LogP contribution in [0.5, 0.6) is 17.2 Å². The van der Waals surface area contributed by atoms with Gasteiger partial charge in [-0.15, -0.1) is 39.5 Å². The van der Waals surface area contributed by atoms with Crippen molar-refractivity contribution in [3.63, 3.8) is 0 Å². The number of alkyl halides is 9. The molecule has 8 fully saturated rings. The Labute approximate surface area is 618 Å². The normalized spacial score (nSPS) is 30.1. The quantitative estimate of drug-likeness (QED) is 0.0615. The first-order valence-electron chi connectivity index (χ1n) is 41.7. The second-order valence-corrected chi connectivity index (χ2v) is 33.7. The predicted octanol–water partition coefficient (Wildman–Crippen LogP) is 30.7. The molecule has 580 valence electrons. The highest BCUT2D eigenvalue weighted by molar-refractivity contribution is 5.32. The van der Waals surface area contributed by atoms with Gasteiger partial charge in [-0.3, -0.25) is 0 Å². The van der Waals surface area contributed by atoms with Crippen molar-refractivity contribution in [3.05, 3.63) is 125 Å². The summed E-state index contributed by atoms with van der Waals surface area (Å²) in [6.07, 6.45) is 43.7. The first-order chi connectivity index (χ1) is 49.1. The van der Waals surface area contributed by atoms with Crippen LogP contribution in [0.25, 0.3) is 0 Å². The Morgan fingerprint density at radius 1 is 0.262 bits per heavy atom. The third kappa shape index (κ3) is 28.6. The third-order valence-electron chi connectivity index (χ3n) is 27.1. The third-order valence-corrected chi connectivity index (χ3v) is 27.1. The summed E-state index contributed by atoms with van der Waals surface area (Å²) >= 11 is 0. The molecule has 8 aliphatic rings. The second kappa shape index (κ2) is 42.4. The number of hydrogen-bond acceptors (Lipinski definition) is 3. The lowest BCUT2D eigenvalue weighted by atomic mass is 9.68. The smallest absolute Gasteiger partial charge is 0.406 e. The van der Waals surface area contributed by atoms with Crippen LogP contribution in [0.2, 0.25) is 0 Å². The average Bonchev–Trinajstić information content (AvgIpc) is 0.848. The number of benzene rings is 4. The van der Waals surface area contributed by atoms with E-state index in [-0.39, 0.29) is 24.7 Å². The molecule has 0 unspecified atom stereocenters. The van der Waals surface area contributed by atoms with Crippen LogP contribution in [0.15, 0.2) is 97.1 Å². The van der Waals surface area contributed by atoms with E-state index in [1.54, 1.807) is 17.7 Å². The summed E-state index contributed by atoms with van der Waals surface area (Å²) < 4.78 is 122. The van der Waals surface area contributed by atoms with Crippen LogP contribution in [0.4, 0.5) is 39.5 Å². The molecule has 0 aromatic heterocycles. The van der Waals surface area contributed by atoms with Crippen molar-refractivity contribution < 1.29 is 53.7 Å². The molecule has 0 saturated heterocycles. The minimum absolute atomic E-state index is 0. The molecule has 0 aliphatic heterocycles. The van der Waals surface area contributed by atoms with Crippen molar-refractivity contribution in [3.8, 4) is 17.2 Å². The van der Waals surface area contributed by atoms with E-state index in [9.17, 15) is 39.5 Å². The molecular weight excluding hydrogens is 1310 g/mol. The van der Waals surface area contributed by atoms with Crippen molar-refractivity contribution in [2.24, 2.45) is 71.0 Å². The Morgan fingerprint density at radius 3 is 0.718 bits per heavy atom. The minimum atomic E-state index is -4.62. The number of halogens is 9. The molecule has 8 aliphatic carbocycles. The Bertz CT molecular complexity index is 2860. The molecule has 0 radical (unpaired) electrons. The first-order valence-corrected chi connectivity index (χ1v) is 41.7. The first kappa shape index (κ1) is 84.3. The van der Waals surface area contributed by atoms with E-state index in [2.05, 4.69) is 73.1 Å². The van der Waals surface area contributed by atoms with Crippen molar-refractivity contribution in [2.45, 2.75) is 354 Å². The summed E-state index contributed by atoms with van der Waals surface area (Å²) in [6, 6.07) is 28.9. The fourth-order valence-electron chi connectivity index (χ4n) is 20.9. The van der Waals surface area contributed by atoms with E-state index in [4.69, 9.17) is 0 Å². The molecule has 4 aromatic rings. The Hall–Kier alpha value is -4.35. The van der Waals surface area contributed by atoms with Crippen LogP contribution in [0.3, 0.4) is 0 Å². The van der Waals surface area contributed by atoms with Gasteiger partial charge in [0.2, 0.25) is 0 Å². The maximum Gasteiger partial charge on any atom is 0.573 e. The molecule has 0 amide bonds. The molecule has 0 bridgehead atoms. The fourth-order valence-corrected chi connectivity index (χ4v) is 20.9. The van der Waals surface area contributed by atoms with Crippen molar-refractivity contribution >= 4 is 0 Å². The molecule has 0 atom stereocenters. The molecule has 12 heteroatoms. The fraction of sp³-hybridized carbons (Fsp3) is 0.736. The Morgan fingerprint density at radius 2 is 0.485 bits per heavy atom. The van der Waals surface area contributed by atoms with E-state index in [1.807, 2.05) is 24.3 Å². The lowest BCUT2D eigenvalue weighted by molar-refractivity contribution is -0.275. The lowest BCUT2D eigenvalue weighted by Gasteiger charge is -2.38. The highest BCUT2D eigenvalue weighted by Gasteiger charge is 2.38. The Balaban J connectivity index is 0.000000174. The van der Waals surface area contributed by atoms with Gasteiger partial charge in [-0.2, -0.15) is 0 Å². The number of rotatable bonds is 21. The van der Waals surface area contributed by atoms with Crippen molar-refractivity contribution in [1.29, 1.82) is 0 Å². The van der Waals surface area contributed by atoms with Gasteiger partial charge in [0.25, 0.3) is 0 Å². The van der Waals surface area contributed by atoms with Crippen LogP contribution in [0.1, 0.15) is 356 Å². The zero-order chi connectivity index (χ0) is 72.5. The molecule has 12 rings (SSSR count). The molecule has 103 heavy (non-hydrogen) atoms. The molecule has 0 spiro atoms. The standard InChI is InChI=1S/C24H38.C23H33F3O.C22H31F3O.C21H29F3O.CH4/c1-3-4-5-6-20-9-13-22(14-10-20)24-17-15-23(16-18-24)21-11-7-19(2)8-12-21;1-2-3-4-17-5-7-18(8-6-17)19-9-11-20(12-10-19)21-13-15-22(16-14-21)27-23(24,25)26;1-2-3-16-4-6-17(7-5-16)18-8-10-19(11-9-18)20-12-14-21(15-13-20)26-22(23,24)25;1-2-15-3-5-16(6-4-15)17-7-9-18(10-8-17)19-11-13-20(14-12-19)25-21(22,23)24;/h7-8,11-12,20,22-24H,3-6,9-10,13-18H2,1-2H3;13-20H,2-12H2,1H3;12-19H,2-11H2,1H3;11-18H,2-10H2,1H3;1H4. The molecule has 0 N–H and O–H groups in total. The highest BCUT2D eigenvalue weighted by Crippen LogP contribution is 2.50. The lowest BCUT2D eigenvalue weighted by Crippen LogP contribution is -2.25. The SMILES string of the molecule is C.CCC1CCC(C2CCC(c3ccc(OC(F)(F)F)cc3)CC2)CC1.CCCC1CCC(C2CCC(c3ccc(OC(F)(F)F)cc3)CC2)CC1.CCCCC1CCC(C2CCC(c3ccc(OC(F)(F)F)cc3)CC2)CC1.CCCCCC1CCC(C2CCC(c3ccc(C)cc3)CC2)CC1. The molecule has 8 saturated carbocycles. The maximum absolute atomic E-state index is 12.3. The summed E-state index contributed by atoms with van der Waals surface area (Å²) in [5, 5.41) is 0. The van der Waals surface area contributed by atoms with Gasteiger partial charge in [0.05, 0.1) is 0 Å². The number of aryl methyl sites for hydroxylation is 1. The van der Waals surface area contributed by atoms with E-state index in [0.717, 1.165) is 106 Å². The number of unbranched alkanes of at least 4 members (excludes halogenated alkanes) is 3. The second-order valence-electron chi connectivity index (χ2n) is 33.7. The summed E-state index contributed by atoms with van der Waals surface area (Å²) in [6.45, 7) is 11.4.